The van der Waals surface area contributed by atoms with Crippen LogP contribution < -0.4 is 4.90 Å². The van der Waals surface area contributed by atoms with E-state index in [0.29, 0.717) is 6.54 Å². The molecule has 0 aromatic heterocycles. The lowest BCUT2D eigenvalue weighted by Crippen LogP contribution is -2.36. The SMILES string of the molecule is CCN(C[C@@H](O)CS(=O)(=O)[O-])c1cccc(C)c1. The smallest absolute Gasteiger partial charge is 0.0972 e. The van der Waals surface area contributed by atoms with Gasteiger partial charge in [-0.3, -0.25) is 0 Å². The van der Waals surface area contributed by atoms with E-state index < -0.39 is 22.0 Å². The van der Waals surface area contributed by atoms with Crippen molar-refractivity contribution in [2.75, 3.05) is 23.7 Å². The van der Waals surface area contributed by atoms with Gasteiger partial charge in [-0.25, -0.2) is 8.42 Å². The molecule has 0 saturated carbocycles. The van der Waals surface area contributed by atoms with E-state index >= 15 is 0 Å². The Morgan fingerprint density at radius 3 is 2.61 bits per heavy atom. The third kappa shape index (κ3) is 5.03. The van der Waals surface area contributed by atoms with Gasteiger partial charge in [-0.05, 0) is 31.5 Å². The van der Waals surface area contributed by atoms with Gasteiger partial charge in [0.15, 0.2) is 0 Å². The first-order valence-corrected chi connectivity index (χ1v) is 7.33. The quantitative estimate of drug-likeness (QED) is 0.772. The summed E-state index contributed by atoms with van der Waals surface area (Å²) in [5.74, 6) is -0.755. The third-order valence-corrected chi connectivity index (χ3v) is 3.37. The van der Waals surface area contributed by atoms with Crippen molar-refractivity contribution in [3.05, 3.63) is 29.8 Å². The molecule has 0 amide bonds. The lowest BCUT2D eigenvalue weighted by atomic mass is 10.2. The largest absolute Gasteiger partial charge is 0.748 e. The summed E-state index contributed by atoms with van der Waals surface area (Å²) in [4.78, 5) is 1.84. The molecule has 6 heteroatoms. The highest BCUT2D eigenvalue weighted by atomic mass is 32.2. The van der Waals surface area contributed by atoms with Crippen molar-refractivity contribution in [2.45, 2.75) is 20.0 Å². The van der Waals surface area contributed by atoms with E-state index in [1.165, 1.54) is 0 Å². The van der Waals surface area contributed by atoms with Crippen LogP contribution in [0.15, 0.2) is 24.3 Å². The van der Waals surface area contributed by atoms with Gasteiger partial charge in [0.2, 0.25) is 0 Å². The van der Waals surface area contributed by atoms with Gasteiger partial charge in [-0.1, -0.05) is 12.1 Å². The third-order valence-electron chi connectivity index (χ3n) is 2.58. The number of likely N-dealkylation sites (N-methyl/N-ethyl adjacent to an activating group) is 1. The van der Waals surface area contributed by atoms with Crippen LogP contribution in [-0.2, 0) is 10.1 Å². The second kappa shape index (κ2) is 6.17. The fourth-order valence-corrected chi connectivity index (χ4v) is 2.36. The molecule has 0 aliphatic heterocycles. The van der Waals surface area contributed by atoms with E-state index in [2.05, 4.69) is 0 Å². The molecule has 102 valence electrons. The molecule has 0 bridgehead atoms. The Kier molecular flexibility index (Phi) is 5.13. The molecule has 1 N–H and O–H groups in total. The van der Waals surface area contributed by atoms with Crippen molar-refractivity contribution in [3.63, 3.8) is 0 Å². The molecule has 0 spiro atoms. The number of benzene rings is 1. The van der Waals surface area contributed by atoms with Crippen LogP contribution >= 0.6 is 0 Å². The molecular formula is C12H18NO4S-. The second-order valence-corrected chi connectivity index (χ2v) is 5.70. The highest BCUT2D eigenvalue weighted by molar-refractivity contribution is 7.85. The van der Waals surface area contributed by atoms with Gasteiger partial charge in [-0.2, -0.15) is 0 Å². The first kappa shape index (κ1) is 14.9. The molecule has 0 radical (unpaired) electrons. The monoisotopic (exact) mass is 272 g/mol. The highest BCUT2D eigenvalue weighted by Gasteiger charge is 2.13. The van der Waals surface area contributed by atoms with Gasteiger partial charge in [-0.15, -0.1) is 0 Å². The number of hydrogen-bond donors (Lipinski definition) is 1. The Labute approximate surface area is 108 Å². The summed E-state index contributed by atoms with van der Waals surface area (Å²) in [6.07, 6.45) is -1.17. The summed E-state index contributed by atoms with van der Waals surface area (Å²) in [7, 11) is -4.39. The molecule has 0 saturated heterocycles. The molecule has 0 aliphatic carbocycles. The topological polar surface area (TPSA) is 80.7 Å². The summed E-state index contributed by atoms with van der Waals surface area (Å²) in [5.41, 5.74) is 1.98. The molecule has 1 atom stereocenters. The van der Waals surface area contributed by atoms with Crippen molar-refractivity contribution in [2.24, 2.45) is 0 Å². The van der Waals surface area contributed by atoms with Crippen LogP contribution in [0.3, 0.4) is 0 Å². The zero-order valence-electron chi connectivity index (χ0n) is 10.5. The maximum atomic E-state index is 10.6. The lowest BCUT2D eigenvalue weighted by Gasteiger charge is -2.26. The Hall–Kier alpha value is -1.11. The van der Waals surface area contributed by atoms with Gasteiger partial charge < -0.3 is 14.6 Å². The predicted molar refractivity (Wildman–Crippen MR) is 69.6 cm³/mol. The summed E-state index contributed by atoms with van der Waals surface area (Å²) >= 11 is 0. The summed E-state index contributed by atoms with van der Waals surface area (Å²) in [5, 5.41) is 9.60. The molecule has 1 aromatic carbocycles. The second-order valence-electron chi connectivity index (χ2n) is 4.26. The molecule has 18 heavy (non-hydrogen) atoms. The van der Waals surface area contributed by atoms with Crippen LogP contribution in [0.25, 0.3) is 0 Å². The minimum atomic E-state index is -4.39. The zero-order valence-corrected chi connectivity index (χ0v) is 11.4. The minimum absolute atomic E-state index is 0.126. The Morgan fingerprint density at radius 1 is 1.44 bits per heavy atom. The molecule has 0 fully saturated rings. The van der Waals surface area contributed by atoms with Gasteiger partial charge in [0, 0.05) is 18.8 Å². The van der Waals surface area contributed by atoms with Crippen LogP contribution in [0.2, 0.25) is 0 Å². The number of aryl methyl sites for hydroxylation is 1. The van der Waals surface area contributed by atoms with E-state index in [4.69, 9.17) is 0 Å². The van der Waals surface area contributed by atoms with E-state index in [0.717, 1.165) is 11.3 Å². The molecule has 0 heterocycles. The van der Waals surface area contributed by atoms with Crippen LogP contribution in [0, 0.1) is 6.92 Å². The summed E-state index contributed by atoms with van der Waals surface area (Å²) in [6.45, 7) is 4.61. The summed E-state index contributed by atoms with van der Waals surface area (Å²) < 4.78 is 31.7. The van der Waals surface area contributed by atoms with Crippen molar-refractivity contribution >= 4 is 15.8 Å². The standard InChI is InChI=1S/C12H19NO4S/c1-3-13(8-12(14)9-18(15,16)17)11-6-4-5-10(2)7-11/h4-7,12,14H,3,8-9H2,1-2H3,(H,15,16,17)/p-1/t12-/m1/s1. The van der Waals surface area contributed by atoms with E-state index in [9.17, 15) is 18.1 Å². The van der Waals surface area contributed by atoms with Crippen molar-refractivity contribution in [3.8, 4) is 0 Å². The van der Waals surface area contributed by atoms with Gasteiger partial charge in [0.05, 0.1) is 22.0 Å². The first-order valence-electron chi connectivity index (χ1n) is 5.75. The maximum absolute atomic E-state index is 10.6. The number of nitrogens with zero attached hydrogens (tertiary/aromatic N) is 1. The maximum Gasteiger partial charge on any atom is 0.0972 e. The van der Waals surface area contributed by atoms with Crippen LogP contribution in [0.1, 0.15) is 12.5 Å². The Bertz CT molecular complexity index is 487. The Morgan fingerprint density at radius 2 is 2.11 bits per heavy atom. The molecule has 0 aliphatic rings. The fourth-order valence-electron chi connectivity index (χ4n) is 1.78. The predicted octanol–water partition coefficient (Wildman–Crippen LogP) is 0.727. The number of aliphatic hydroxyl groups excluding tert-OH is 1. The van der Waals surface area contributed by atoms with E-state index in [-0.39, 0.29) is 6.54 Å². The van der Waals surface area contributed by atoms with Gasteiger partial charge in [0.1, 0.15) is 0 Å². The summed E-state index contributed by atoms with van der Waals surface area (Å²) in [6, 6.07) is 7.68. The average molecular weight is 272 g/mol. The average Bonchev–Trinajstić information content (AvgIpc) is 2.23. The van der Waals surface area contributed by atoms with E-state index in [1.807, 2.05) is 43.0 Å². The van der Waals surface area contributed by atoms with Gasteiger partial charge >= 0.3 is 0 Å². The number of rotatable bonds is 6. The number of anilines is 1. The minimum Gasteiger partial charge on any atom is -0.748 e. The number of hydrogen-bond acceptors (Lipinski definition) is 5. The van der Waals surface area contributed by atoms with Crippen LogP contribution in [0.4, 0.5) is 5.69 Å². The molecule has 1 aromatic rings. The molecular weight excluding hydrogens is 254 g/mol. The molecule has 1 rings (SSSR count). The molecule has 0 unspecified atom stereocenters. The zero-order chi connectivity index (χ0) is 13.8. The Balaban J connectivity index is 2.73. The first-order chi connectivity index (χ1) is 8.31. The highest BCUT2D eigenvalue weighted by Crippen LogP contribution is 2.16. The van der Waals surface area contributed by atoms with Crippen molar-refractivity contribution < 1.29 is 18.1 Å². The fraction of sp³-hybridized carbons (Fsp3) is 0.500. The normalized spacial score (nSPS) is 13.3. The van der Waals surface area contributed by atoms with Crippen molar-refractivity contribution in [1.82, 2.24) is 0 Å². The lowest BCUT2D eigenvalue weighted by molar-refractivity contribution is 0.199. The van der Waals surface area contributed by atoms with Crippen LogP contribution in [0.5, 0.6) is 0 Å². The van der Waals surface area contributed by atoms with Crippen molar-refractivity contribution in [1.29, 1.82) is 0 Å². The van der Waals surface area contributed by atoms with Gasteiger partial charge in [0.25, 0.3) is 0 Å². The van der Waals surface area contributed by atoms with Crippen LogP contribution in [-0.4, -0.2) is 43.0 Å². The molecule has 5 nitrogen and oxygen atoms in total. The van der Waals surface area contributed by atoms with E-state index in [1.54, 1.807) is 0 Å². The number of aliphatic hydroxyl groups is 1.